The third-order valence-electron chi connectivity index (χ3n) is 4.75. The van der Waals surface area contributed by atoms with Gasteiger partial charge < -0.3 is 31.1 Å². The van der Waals surface area contributed by atoms with Gasteiger partial charge in [-0.1, -0.05) is 13.8 Å². The van der Waals surface area contributed by atoms with Gasteiger partial charge in [0, 0.05) is 13.5 Å². The lowest BCUT2D eigenvalue weighted by Gasteiger charge is -2.16. The number of hydrogen-bond acceptors (Lipinski definition) is 9. The highest BCUT2D eigenvalue weighted by atomic mass is 32.2. The average molecular weight is 444 g/mol. The number of imidazole rings is 1. The van der Waals surface area contributed by atoms with Crippen LogP contribution in [0.5, 0.6) is 0 Å². The fourth-order valence-electron chi connectivity index (χ4n) is 3.13. The van der Waals surface area contributed by atoms with Gasteiger partial charge >= 0.3 is 5.97 Å². The quantitative estimate of drug-likeness (QED) is 0.337. The van der Waals surface area contributed by atoms with Gasteiger partial charge in [0.1, 0.15) is 47.7 Å². The van der Waals surface area contributed by atoms with Crippen LogP contribution in [0.4, 0.5) is 5.82 Å². The first kappa shape index (κ1) is 24.3. The molecule has 3 rings (SSSR count). The molecule has 1 aliphatic heterocycles. The van der Waals surface area contributed by atoms with E-state index in [2.05, 4.69) is 20.3 Å². The normalized spacial score (nSPS) is 25.4. The van der Waals surface area contributed by atoms with E-state index in [4.69, 9.17) is 15.6 Å². The van der Waals surface area contributed by atoms with Crippen LogP contribution in [0.1, 0.15) is 26.5 Å². The van der Waals surface area contributed by atoms with Crippen LogP contribution in [0, 0.1) is 0 Å². The number of aliphatic hydroxyl groups is 2. The van der Waals surface area contributed by atoms with Crippen LogP contribution >= 0.6 is 0 Å². The van der Waals surface area contributed by atoms with Gasteiger partial charge in [-0.3, -0.25) is 9.36 Å². The first-order chi connectivity index (χ1) is 14.3. The fourth-order valence-corrected chi connectivity index (χ4v) is 4.79. The molecule has 0 bridgehead atoms. The van der Waals surface area contributed by atoms with Crippen molar-refractivity contribution in [2.24, 2.45) is 5.73 Å². The maximum absolute atomic E-state index is 10.8. The van der Waals surface area contributed by atoms with Gasteiger partial charge in [0.25, 0.3) is 0 Å². The zero-order chi connectivity index (χ0) is 22.4. The number of carboxylic acids is 1. The van der Waals surface area contributed by atoms with Crippen LogP contribution in [0.25, 0.3) is 11.2 Å². The number of nitrogens with one attached hydrogen (secondary N) is 1. The second-order valence-electron chi connectivity index (χ2n) is 6.73. The van der Waals surface area contributed by atoms with Crippen LogP contribution in [0.15, 0.2) is 12.7 Å². The summed E-state index contributed by atoms with van der Waals surface area (Å²) in [6, 6.07) is -0.902. The molecule has 12 heteroatoms. The van der Waals surface area contributed by atoms with Gasteiger partial charge in [0.2, 0.25) is 0 Å². The molecule has 11 nitrogen and oxygen atoms in total. The van der Waals surface area contributed by atoms with E-state index >= 15 is 0 Å². The number of anilines is 1. The number of fused-ring (bicyclic) bond motifs is 1. The minimum Gasteiger partial charge on any atom is -0.480 e. The lowest BCUT2D eigenvalue weighted by molar-refractivity contribution is -0.138. The Morgan fingerprint density at radius 3 is 2.67 bits per heavy atom. The Kier molecular flexibility index (Phi) is 8.79. The van der Waals surface area contributed by atoms with Crippen molar-refractivity contribution in [1.82, 2.24) is 19.5 Å². The molecule has 6 atom stereocenters. The zero-order valence-corrected chi connectivity index (χ0v) is 18.4. The number of nitrogens with two attached hydrogens (primary N) is 1. The molecule has 1 saturated heterocycles. The number of aromatic nitrogens is 4. The van der Waals surface area contributed by atoms with Crippen LogP contribution < -0.4 is 11.1 Å². The Morgan fingerprint density at radius 2 is 2.03 bits per heavy atom. The van der Waals surface area contributed by atoms with Gasteiger partial charge in [-0.15, -0.1) is 0 Å². The second-order valence-corrected chi connectivity index (χ2v) is 9.03. The molecule has 30 heavy (non-hydrogen) atoms. The minimum atomic E-state index is -1.14. The standard InChI is InChI=1S/C16H24N6O5S.C2H6/c1-18-13-10-14(20-6-19-13)22(7-21-10)15-12(24)11(23)9(27-15)5-28(2)4-3-8(17)16(25)26;1-2/h6-9,11-12,15,23-24H,3-5,17H2,1-2H3,(H-,18,19,20,25,26);1-2H3/p+1/t8-,9+,11+,12+,15+,28?;/m0./s1. The third kappa shape index (κ3) is 5.19. The lowest BCUT2D eigenvalue weighted by Crippen LogP contribution is -2.37. The van der Waals surface area contributed by atoms with E-state index < -0.39 is 36.6 Å². The molecule has 0 aromatic carbocycles. The second kappa shape index (κ2) is 10.9. The summed E-state index contributed by atoms with van der Waals surface area (Å²) in [7, 11) is 1.50. The van der Waals surface area contributed by atoms with E-state index in [1.54, 1.807) is 11.6 Å². The zero-order valence-electron chi connectivity index (χ0n) is 17.6. The average Bonchev–Trinajstić information content (AvgIpc) is 3.29. The molecule has 0 saturated carbocycles. The maximum Gasteiger partial charge on any atom is 0.320 e. The highest BCUT2D eigenvalue weighted by Gasteiger charge is 2.46. The highest BCUT2D eigenvalue weighted by Crippen LogP contribution is 2.33. The van der Waals surface area contributed by atoms with Gasteiger partial charge in [-0.2, -0.15) is 0 Å². The molecule has 2 aromatic heterocycles. The van der Waals surface area contributed by atoms with Crippen LogP contribution in [-0.2, 0) is 20.4 Å². The molecule has 0 aliphatic carbocycles. The number of ether oxygens (including phenoxy) is 1. The third-order valence-corrected chi connectivity index (χ3v) is 6.58. The summed E-state index contributed by atoms with van der Waals surface area (Å²) in [5, 5.41) is 32.8. The summed E-state index contributed by atoms with van der Waals surface area (Å²) in [4.78, 5) is 23.4. The summed E-state index contributed by atoms with van der Waals surface area (Å²) in [6.45, 7) is 4.00. The molecule has 0 radical (unpaired) electrons. The van der Waals surface area contributed by atoms with Crippen molar-refractivity contribution in [3.8, 4) is 0 Å². The Bertz CT molecular complexity index is 836. The summed E-state index contributed by atoms with van der Waals surface area (Å²) in [5.74, 6) is 0.621. The topological polar surface area (TPSA) is 169 Å². The fraction of sp³-hybridized carbons (Fsp3) is 0.667. The monoisotopic (exact) mass is 443 g/mol. The van der Waals surface area contributed by atoms with Gasteiger partial charge in [-0.25, -0.2) is 15.0 Å². The van der Waals surface area contributed by atoms with Crippen molar-refractivity contribution in [3.05, 3.63) is 12.7 Å². The number of aliphatic hydroxyl groups excluding tert-OH is 2. The molecule has 168 valence electrons. The van der Waals surface area contributed by atoms with Crippen molar-refractivity contribution >= 4 is 33.8 Å². The first-order valence-electron chi connectivity index (χ1n) is 9.78. The minimum absolute atomic E-state index is 0.227. The van der Waals surface area contributed by atoms with Gasteiger partial charge in [0.15, 0.2) is 17.7 Å². The summed E-state index contributed by atoms with van der Waals surface area (Å²) in [6.07, 6.45) is 1.56. The molecule has 0 amide bonds. The van der Waals surface area contributed by atoms with Crippen LogP contribution in [0.3, 0.4) is 0 Å². The molecule has 2 aromatic rings. The van der Waals surface area contributed by atoms with Crippen LogP contribution in [0.2, 0.25) is 0 Å². The molecular formula is C18H31N6O5S+. The van der Waals surface area contributed by atoms with Gasteiger partial charge in [0.05, 0.1) is 12.6 Å². The molecule has 1 fully saturated rings. The molecule has 1 unspecified atom stereocenters. The number of rotatable bonds is 8. The molecule has 0 spiro atoms. The van der Waals surface area contributed by atoms with Crippen molar-refractivity contribution in [2.45, 2.75) is 50.8 Å². The Morgan fingerprint density at radius 1 is 1.33 bits per heavy atom. The summed E-state index contributed by atoms with van der Waals surface area (Å²) >= 11 is 0. The van der Waals surface area contributed by atoms with E-state index in [1.165, 1.54) is 12.7 Å². The Hall–Kier alpha value is -1.99. The molecular weight excluding hydrogens is 412 g/mol. The molecule has 3 heterocycles. The van der Waals surface area contributed by atoms with E-state index in [9.17, 15) is 15.0 Å². The Labute approximate surface area is 178 Å². The van der Waals surface area contributed by atoms with E-state index in [-0.39, 0.29) is 10.9 Å². The highest BCUT2D eigenvalue weighted by molar-refractivity contribution is 7.96. The summed E-state index contributed by atoms with van der Waals surface area (Å²) < 4.78 is 7.52. The van der Waals surface area contributed by atoms with E-state index in [0.717, 1.165) is 0 Å². The van der Waals surface area contributed by atoms with Crippen LogP contribution in [-0.4, -0.2) is 90.0 Å². The maximum atomic E-state index is 10.8. The Balaban J connectivity index is 0.00000155. The number of hydrogen-bond donors (Lipinski definition) is 5. The number of carboxylic acid groups (broad SMARTS) is 1. The number of nitrogens with zero attached hydrogens (tertiary/aromatic N) is 4. The number of aliphatic carboxylic acids is 1. The largest absolute Gasteiger partial charge is 0.480 e. The van der Waals surface area contributed by atoms with E-state index in [0.29, 0.717) is 34.9 Å². The van der Waals surface area contributed by atoms with Gasteiger partial charge in [-0.05, 0) is 10.9 Å². The predicted molar refractivity (Wildman–Crippen MR) is 115 cm³/mol. The smallest absolute Gasteiger partial charge is 0.320 e. The van der Waals surface area contributed by atoms with Crippen molar-refractivity contribution in [3.63, 3.8) is 0 Å². The molecule has 6 N–H and O–H groups in total. The van der Waals surface area contributed by atoms with Crippen molar-refractivity contribution < 1.29 is 24.9 Å². The van der Waals surface area contributed by atoms with E-state index in [1.807, 2.05) is 20.1 Å². The molecule has 1 aliphatic rings. The number of carbonyl (C=O) groups is 1. The lowest BCUT2D eigenvalue weighted by atomic mass is 10.1. The predicted octanol–water partition coefficient (Wildman–Crippen LogP) is -0.436. The van der Waals surface area contributed by atoms with Crippen molar-refractivity contribution in [2.75, 3.05) is 30.1 Å². The SMILES string of the molecule is CC.CNc1ncnc2c1ncn2[C@@H]1O[C@H](C[S+](C)CC[C@H](N)C(=O)O)[C@@H](O)[C@H]1O. The van der Waals surface area contributed by atoms with Crippen molar-refractivity contribution in [1.29, 1.82) is 0 Å². The summed E-state index contributed by atoms with van der Waals surface area (Å²) in [5.41, 5.74) is 6.57. The first-order valence-corrected chi connectivity index (χ1v) is 11.7.